The number of rotatable bonds is 0. The first-order valence-corrected chi connectivity index (χ1v) is 7.85. The van der Waals surface area contributed by atoms with Crippen molar-refractivity contribution in [2.75, 3.05) is 0 Å². The molecule has 0 aliphatic carbocycles. The van der Waals surface area contributed by atoms with Gasteiger partial charge in [0.1, 0.15) is 0 Å². The zero-order chi connectivity index (χ0) is 15.9. The standard InChI is InChI=1S/C20H14N4.Co.Cr/c1-2-14-10-16-5-6-18(23-16)12-20-8-7-19(24-20)11-17-4-3-15(22-17)9-13(1)21-14;;/h1-12,21,24H;;. The minimum atomic E-state index is 0. The summed E-state index contributed by atoms with van der Waals surface area (Å²) in [6.45, 7) is 0. The fourth-order valence-electron chi connectivity index (χ4n) is 2.94. The third-order valence-electron chi connectivity index (χ3n) is 4.04. The van der Waals surface area contributed by atoms with Crippen LogP contribution in [0.5, 0.6) is 0 Å². The van der Waals surface area contributed by atoms with E-state index in [-0.39, 0.29) is 34.1 Å². The Bertz CT molecular complexity index is 996. The van der Waals surface area contributed by atoms with Gasteiger partial charge >= 0.3 is 0 Å². The van der Waals surface area contributed by atoms with Gasteiger partial charge in [0.25, 0.3) is 0 Å². The largest absolute Gasteiger partial charge is 0.355 e. The Balaban J connectivity index is 0.000000980. The first-order valence-electron chi connectivity index (χ1n) is 7.85. The molecule has 4 nitrogen and oxygen atoms in total. The van der Waals surface area contributed by atoms with Crippen molar-refractivity contribution < 1.29 is 34.1 Å². The van der Waals surface area contributed by atoms with E-state index >= 15 is 0 Å². The van der Waals surface area contributed by atoms with Gasteiger partial charge in [0.05, 0.1) is 22.8 Å². The van der Waals surface area contributed by atoms with E-state index in [0.717, 1.165) is 44.8 Å². The van der Waals surface area contributed by atoms with Crippen LogP contribution in [0.2, 0.25) is 0 Å². The van der Waals surface area contributed by atoms with Gasteiger partial charge in [0, 0.05) is 56.2 Å². The molecule has 0 spiro atoms. The topological polar surface area (TPSA) is 57.4 Å². The first-order chi connectivity index (χ1) is 11.8. The number of nitrogens with zero attached hydrogens (tertiary/aromatic N) is 2. The Morgan fingerprint density at radius 2 is 0.769 bits per heavy atom. The molecular weight excluding hydrogens is 407 g/mol. The summed E-state index contributed by atoms with van der Waals surface area (Å²) in [5.74, 6) is 0. The van der Waals surface area contributed by atoms with Gasteiger partial charge in [-0.3, -0.25) is 0 Å². The molecule has 8 bridgehead atoms. The first kappa shape index (κ1) is 18.4. The molecule has 6 heteroatoms. The summed E-state index contributed by atoms with van der Waals surface area (Å²) in [7, 11) is 0. The minimum Gasteiger partial charge on any atom is -0.355 e. The summed E-state index contributed by atoms with van der Waals surface area (Å²) >= 11 is 0. The van der Waals surface area contributed by atoms with Crippen molar-refractivity contribution in [1.82, 2.24) is 19.9 Å². The molecule has 0 unspecified atom stereocenters. The number of aromatic amines is 2. The zero-order valence-corrected chi connectivity index (χ0v) is 15.9. The van der Waals surface area contributed by atoms with Gasteiger partial charge in [-0.2, -0.15) is 0 Å². The SMILES string of the molecule is C1=Cc2cc3ccc(cc4nc(cc5ccc(cc1n2)[nH]5)C=C4)[nH]3.[Co].[Cr]. The maximum absolute atomic E-state index is 4.63. The van der Waals surface area contributed by atoms with Crippen LogP contribution >= 0.6 is 0 Å². The molecule has 26 heavy (non-hydrogen) atoms. The Labute approximate surface area is 171 Å². The molecule has 2 aliphatic rings. The predicted octanol–water partition coefficient (Wildman–Crippen LogP) is 4.65. The van der Waals surface area contributed by atoms with E-state index < -0.39 is 0 Å². The molecule has 0 atom stereocenters. The monoisotopic (exact) mass is 421 g/mol. The van der Waals surface area contributed by atoms with Crippen LogP contribution in [0.15, 0.2) is 48.5 Å². The molecule has 0 saturated heterocycles. The third-order valence-corrected chi connectivity index (χ3v) is 4.04. The number of hydrogen-bond acceptors (Lipinski definition) is 2. The normalized spacial score (nSPS) is 11.7. The van der Waals surface area contributed by atoms with Gasteiger partial charge < -0.3 is 9.97 Å². The Hall–Kier alpha value is -2.36. The average Bonchev–Trinajstić information content (AvgIpc) is 3.32. The fraction of sp³-hybridized carbons (Fsp3) is 0. The number of nitrogens with one attached hydrogen (secondary N) is 2. The number of aromatic nitrogens is 4. The summed E-state index contributed by atoms with van der Waals surface area (Å²) in [5.41, 5.74) is 7.86. The van der Waals surface area contributed by atoms with Gasteiger partial charge in [0.15, 0.2) is 0 Å². The van der Waals surface area contributed by atoms with E-state index in [1.807, 2.05) is 48.6 Å². The van der Waals surface area contributed by atoms with Crippen LogP contribution < -0.4 is 0 Å². The van der Waals surface area contributed by atoms with Gasteiger partial charge in [-0.25, -0.2) is 9.97 Å². The van der Waals surface area contributed by atoms with Crippen molar-refractivity contribution in [1.29, 1.82) is 0 Å². The quantitative estimate of drug-likeness (QED) is 0.383. The molecule has 129 valence electrons. The van der Waals surface area contributed by atoms with E-state index in [4.69, 9.17) is 0 Å². The average molecular weight is 421 g/mol. The van der Waals surface area contributed by atoms with Gasteiger partial charge in [-0.1, -0.05) is 0 Å². The van der Waals surface area contributed by atoms with E-state index in [9.17, 15) is 0 Å². The third kappa shape index (κ3) is 3.74. The second-order valence-corrected chi connectivity index (χ2v) is 5.91. The van der Waals surface area contributed by atoms with E-state index in [1.54, 1.807) is 0 Å². The molecule has 0 saturated carbocycles. The molecule has 0 fully saturated rings. The van der Waals surface area contributed by atoms with Crippen LogP contribution in [0, 0.1) is 0 Å². The predicted molar refractivity (Wildman–Crippen MR) is 98.9 cm³/mol. The second-order valence-electron chi connectivity index (χ2n) is 5.91. The Morgan fingerprint density at radius 3 is 1.04 bits per heavy atom. The van der Waals surface area contributed by atoms with Crippen molar-refractivity contribution in [2.45, 2.75) is 0 Å². The summed E-state index contributed by atoms with van der Waals surface area (Å²) in [6.07, 6.45) is 8.09. The Kier molecular flexibility index (Phi) is 5.30. The zero-order valence-electron chi connectivity index (χ0n) is 13.6. The van der Waals surface area contributed by atoms with E-state index in [2.05, 4.69) is 44.2 Å². The maximum atomic E-state index is 4.63. The summed E-state index contributed by atoms with van der Waals surface area (Å²) < 4.78 is 0. The van der Waals surface area contributed by atoms with Crippen LogP contribution in [-0.4, -0.2) is 19.9 Å². The summed E-state index contributed by atoms with van der Waals surface area (Å²) in [4.78, 5) is 16.0. The van der Waals surface area contributed by atoms with Gasteiger partial charge in [-0.05, 0) is 72.8 Å². The smallest absolute Gasteiger partial charge is 0.0658 e. The molecule has 0 amide bonds. The van der Waals surface area contributed by atoms with Crippen molar-refractivity contribution in [3.63, 3.8) is 0 Å². The van der Waals surface area contributed by atoms with Gasteiger partial charge in [0.2, 0.25) is 0 Å². The molecule has 2 N–H and O–H groups in total. The molecule has 2 aliphatic heterocycles. The van der Waals surface area contributed by atoms with Gasteiger partial charge in [-0.15, -0.1) is 0 Å². The fourth-order valence-corrected chi connectivity index (χ4v) is 2.94. The van der Waals surface area contributed by atoms with Crippen LogP contribution in [-0.2, 0) is 34.1 Å². The molecule has 5 rings (SSSR count). The van der Waals surface area contributed by atoms with Crippen LogP contribution in [0.4, 0.5) is 0 Å². The van der Waals surface area contributed by atoms with Crippen LogP contribution in [0.3, 0.4) is 0 Å². The molecule has 3 aromatic rings. The number of H-pyrrole nitrogens is 2. The van der Waals surface area contributed by atoms with Crippen molar-refractivity contribution in [3.05, 3.63) is 71.3 Å². The van der Waals surface area contributed by atoms with Crippen LogP contribution in [0.25, 0.3) is 46.4 Å². The van der Waals surface area contributed by atoms with Crippen LogP contribution in [0.1, 0.15) is 22.8 Å². The Morgan fingerprint density at radius 1 is 0.500 bits per heavy atom. The van der Waals surface area contributed by atoms with E-state index in [0.29, 0.717) is 0 Å². The second kappa shape index (κ2) is 7.48. The molecule has 1 radical (unpaired) electrons. The molecular formula is C20H14CoCrN4. The minimum absolute atomic E-state index is 0. The molecule has 3 aromatic heterocycles. The summed E-state index contributed by atoms with van der Waals surface area (Å²) in [5, 5.41) is 0. The number of hydrogen-bond donors (Lipinski definition) is 2. The summed E-state index contributed by atoms with van der Waals surface area (Å²) in [6, 6.07) is 16.4. The van der Waals surface area contributed by atoms with Crippen molar-refractivity contribution in [2.24, 2.45) is 0 Å². The molecule has 5 heterocycles. The van der Waals surface area contributed by atoms with Crippen molar-refractivity contribution >= 4 is 46.4 Å². The number of fused-ring (bicyclic) bond motifs is 8. The van der Waals surface area contributed by atoms with Crippen molar-refractivity contribution in [3.8, 4) is 0 Å². The van der Waals surface area contributed by atoms with E-state index in [1.165, 1.54) is 0 Å². The molecule has 0 aromatic carbocycles. The maximum Gasteiger partial charge on any atom is 0.0658 e.